The van der Waals surface area contributed by atoms with Crippen LogP contribution in [0, 0.1) is 0 Å². The summed E-state index contributed by atoms with van der Waals surface area (Å²) in [7, 11) is 3.20. The summed E-state index contributed by atoms with van der Waals surface area (Å²) >= 11 is 0. The minimum Gasteiger partial charge on any atom is -0.493 e. The smallest absolute Gasteiger partial charge is 0.201 e. The first kappa shape index (κ1) is 18.6. The van der Waals surface area contributed by atoms with Crippen LogP contribution in [0.5, 0.6) is 11.5 Å². The molecule has 0 aliphatic heterocycles. The van der Waals surface area contributed by atoms with Crippen LogP contribution in [-0.2, 0) is 0 Å². The second-order valence-electron chi connectivity index (χ2n) is 6.45. The molecule has 0 saturated carbocycles. The molecule has 3 aromatic carbocycles. The zero-order valence-corrected chi connectivity index (χ0v) is 16.2. The van der Waals surface area contributed by atoms with Crippen LogP contribution in [0.1, 0.15) is 11.3 Å². The SMILES string of the molecule is COc1cccc(/C=C/c2oc3ccccc3c(=O)c2-c2ccccc2)c1OC. The maximum atomic E-state index is 13.2. The van der Waals surface area contributed by atoms with Crippen molar-refractivity contribution in [3.05, 3.63) is 94.3 Å². The van der Waals surface area contributed by atoms with Crippen molar-refractivity contribution >= 4 is 23.1 Å². The molecule has 4 nitrogen and oxygen atoms in total. The molecule has 0 bridgehead atoms. The fourth-order valence-electron chi connectivity index (χ4n) is 3.36. The minimum atomic E-state index is -0.0599. The molecule has 0 unspecified atom stereocenters. The molecule has 144 valence electrons. The maximum Gasteiger partial charge on any atom is 0.201 e. The zero-order valence-electron chi connectivity index (χ0n) is 16.2. The number of para-hydroxylation sites is 2. The first-order valence-corrected chi connectivity index (χ1v) is 9.23. The second-order valence-corrected chi connectivity index (χ2v) is 6.45. The summed E-state index contributed by atoms with van der Waals surface area (Å²) in [4.78, 5) is 13.2. The number of fused-ring (bicyclic) bond motifs is 1. The molecule has 0 fully saturated rings. The van der Waals surface area contributed by atoms with E-state index in [2.05, 4.69) is 0 Å². The van der Waals surface area contributed by atoms with E-state index in [4.69, 9.17) is 13.9 Å². The summed E-state index contributed by atoms with van der Waals surface area (Å²) in [6.45, 7) is 0. The number of hydrogen-bond acceptors (Lipinski definition) is 4. The molecule has 29 heavy (non-hydrogen) atoms. The number of methoxy groups -OCH3 is 2. The van der Waals surface area contributed by atoms with Gasteiger partial charge in [-0.3, -0.25) is 4.79 Å². The lowest BCUT2D eigenvalue weighted by Gasteiger charge is -2.10. The van der Waals surface area contributed by atoms with Crippen LogP contribution in [0.3, 0.4) is 0 Å². The normalized spacial score (nSPS) is 11.1. The summed E-state index contributed by atoms with van der Waals surface area (Å²) < 4.78 is 17.0. The molecule has 0 amide bonds. The molecule has 4 aromatic rings. The van der Waals surface area contributed by atoms with Gasteiger partial charge in [0.05, 0.1) is 25.2 Å². The molecular weight excluding hydrogens is 364 g/mol. The zero-order chi connectivity index (χ0) is 20.2. The van der Waals surface area contributed by atoms with Crippen molar-refractivity contribution in [3.8, 4) is 22.6 Å². The summed E-state index contributed by atoms with van der Waals surface area (Å²) in [6, 6.07) is 22.5. The Morgan fingerprint density at radius 2 is 1.55 bits per heavy atom. The van der Waals surface area contributed by atoms with Crippen LogP contribution in [0.15, 0.2) is 82.0 Å². The average molecular weight is 384 g/mol. The molecular formula is C25H20O4. The lowest BCUT2D eigenvalue weighted by Crippen LogP contribution is -2.07. The van der Waals surface area contributed by atoms with Gasteiger partial charge in [0.25, 0.3) is 0 Å². The van der Waals surface area contributed by atoms with Crippen molar-refractivity contribution in [2.75, 3.05) is 14.2 Å². The van der Waals surface area contributed by atoms with E-state index in [1.807, 2.05) is 66.7 Å². The Balaban J connectivity index is 1.92. The van der Waals surface area contributed by atoms with Gasteiger partial charge in [-0.05, 0) is 35.9 Å². The Morgan fingerprint density at radius 1 is 0.793 bits per heavy atom. The van der Waals surface area contributed by atoms with Gasteiger partial charge >= 0.3 is 0 Å². The maximum absolute atomic E-state index is 13.2. The van der Waals surface area contributed by atoms with Gasteiger partial charge in [0.15, 0.2) is 11.5 Å². The van der Waals surface area contributed by atoms with Crippen LogP contribution < -0.4 is 14.9 Å². The van der Waals surface area contributed by atoms with E-state index in [0.29, 0.717) is 33.8 Å². The van der Waals surface area contributed by atoms with Gasteiger partial charge in [-0.25, -0.2) is 0 Å². The van der Waals surface area contributed by atoms with E-state index in [0.717, 1.165) is 11.1 Å². The number of benzene rings is 3. The molecule has 4 heteroatoms. The quantitative estimate of drug-likeness (QED) is 0.446. The van der Waals surface area contributed by atoms with Crippen LogP contribution in [0.2, 0.25) is 0 Å². The van der Waals surface area contributed by atoms with Crippen molar-refractivity contribution in [1.82, 2.24) is 0 Å². The van der Waals surface area contributed by atoms with Gasteiger partial charge in [-0.15, -0.1) is 0 Å². The van der Waals surface area contributed by atoms with E-state index in [1.165, 1.54) is 0 Å². The van der Waals surface area contributed by atoms with Crippen molar-refractivity contribution in [3.63, 3.8) is 0 Å². The fourth-order valence-corrected chi connectivity index (χ4v) is 3.36. The van der Waals surface area contributed by atoms with Gasteiger partial charge in [-0.1, -0.05) is 54.6 Å². The first-order valence-electron chi connectivity index (χ1n) is 9.23. The van der Waals surface area contributed by atoms with Gasteiger partial charge < -0.3 is 13.9 Å². The summed E-state index contributed by atoms with van der Waals surface area (Å²) in [5.41, 5.74) is 2.65. The van der Waals surface area contributed by atoms with Crippen molar-refractivity contribution in [2.24, 2.45) is 0 Å². The topological polar surface area (TPSA) is 48.7 Å². The van der Waals surface area contributed by atoms with Crippen LogP contribution in [0.25, 0.3) is 34.2 Å². The van der Waals surface area contributed by atoms with E-state index in [9.17, 15) is 4.79 Å². The fraction of sp³-hybridized carbons (Fsp3) is 0.0800. The molecule has 0 aliphatic carbocycles. The third kappa shape index (κ3) is 3.52. The highest BCUT2D eigenvalue weighted by Crippen LogP contribution is 2.33. The molecule has 1 aromatic heterocycles. The summed E-state index contributed by atoms with van der Waals surface area (Å²) in [6.07, 6.45) is 3.66. The molecule has 1 heterocycles. The largest absolute Gasteiger partial charge is 0.493 e. The van der Waals surface area contributed by atoms with Crippen molar-refractivity contribution in [2.45, 2.75) is 0 Å². The third-order valence-electron chi connectivity index (χ3n) is 4.74. The Hall–Kier alpha value is -3.79. The average Bonchev–Trinajstić information content (AvgIpc) is 2.78. The number of hydrogen-bond donors (Lipinski definition) is 0. The number of rotatable bonds is 5. The van der Waals surface area contributed by atoms with E-state index in [1.54, 1.807) is 32.4 Å². The predicted octanol–water partition coefficient (Wildman–Crippen LogP) is 5.65. The van der Waals surface area contributed by atoms with E-state index >= 15 is 0 Å². The van der Waals surface area contributed by atoms with E-state index < -0.39 is 0 Å². The Labute approximate surface area is 168 Å². The summed E-state index contributed by atoms with van der Waals surface area (Å²) in [5, 5.41) is 0.558. The lowest BCUT2D eigenvalue weighted by atomic mass is 10.0. The van der Waals surface area contributed by atoms with E-state index in [-0.39, 0.29) is 5.43 Å². The highest BCUT2D eigenvalue weighted by molar-refractivity contribution is 5.87. The third-order valence-corrected chi connectivity index (χ3v) is 4.74. The van der Waals surface area contributed by atoms with Gasteiger partial charge in [-0.2, -0.15) is 0 Å². The highest BCUT2D eigenvalue weighted by Gasteiger charge is 2.15. The lowest BCUT2D eigenvalue weighted by molar-refractivity contribution is 0.354. The van der Waals surface area contributed by atoms with Crippen molar-refractivity contribution in [1.29, 1.82) is 0 Å². The van der Waals surface area contributed by atoms with Crippen molar-refractivity contribution < 1.29 is 13.9 Å². The van der Waals surface area contributed by atoms with Gasteiger partial charge in [0.1, 0.15) is 11.3 Å². The highest BCUT2D eigenvalue weighted by atomic mass is 16.5. The molecule has 0 spiro atoms. The Kier molecular flexibility index (Phi) is 5.16. The molecule has 0 aliphatic rings. The molecule has 0 N–H and O–H groups in total. The van der Waals surface area contributed by atoms with Crippen LogP contribution in [0.4, 0.5) is 0 Å². The summed E-state index contributed by atoms with van der Waals surface area (Å²) in [5.74, 6) is 1.75. The van der Waals surface area contributed by atoms with Crippen LogP contribution >= 0.6 is 0 Å². The molecule has 0 atom stereocenters. The minimum absolute atomic E-state index is 0.0599. The Morgan fingerprint density at radius 3 is 2.31 bits per heavy atom. The first-order chi connectivity index (χ1) is 14.2. The predicted molar refractivity (Wildman–Crippen MR) is 116 cm³/mol. The molecule has 4 rings (SSSR count). The van der Waals surface area contributed by atoms with Gasteiger partial charge in [0.2, 0.25) is 5.43 Å². The van der Waals surface area contributed by atoms with Gasteiger partial charge in [0, 0.05) is 5.56 Å². The standard InChI is InChI=1S/C25H20O4/c1-27-22-14-8-11-18(25(22)28-2)15-16-21-23(17-9-4-3-5-10-17)24(26)19-12-6-7-13-20(19)29-21/h3-16H,1-2H3/b16-15+. The monoisotopic (exact) mass is 384 g/mol. The molecule has 0 saturated heterocycles. The molecule has 0 radical (unpaired) electrons. The Bertz CT molecular complexity index is 1240. The second kappa shape index (κ2) is 8.07. The number of ether oxygens (including phenoxy) is 2. The van der Waals surface area contributed by atoms with Crippen LogP contribution in [-0.4, -0.2) is 14.2 Å².